The van der Waals surface area contributed by atoms with Crippen molar-refractivity contribution in [3.63, 3.8) is 0 Å². The van der Waals surface area contributed by atoms with E-state index in [2.05, 4.69) is 0 Å². The Bertz CT molecular complexity index is 408. The first-order valence-corrected chi connectivity index (χ1v) is 5.17. The van der Waals surface area contributed by atoms with Crippen LogP contribution >= 0.6 is 0 Å². The van der Waals surface area contributed by atoms with Crippen LogP contribution in [0.2, 0.25) is 0 Å². The van der Waals surface area contributed by atoms with Gasteiger partial charge in [0.05, 0.1) is 4.90 Å². The number of aliphatic hydroxyl groups is 1. The summed E-state index contributed by atoms with van der Waals surface area (Å²) in [5.41, 5.74) is -0.528. The van der Waals surface area contributed by atoms with E-state index in [-0.39, 0.29) is 11.3 Å². The van der Waals surface area contributed by atoms with E-state index in [1.165, 1.54) is 6.07 Å². The van der Waals surface area contributed by atoms with Gasteiger partial charge in [-0.15, -0.1) is 0 Å². The van der Waals surface area contributed by atoms with Gasteiger partial charge in [-0.3, -0.25) is 0 Å². The molecule has 0 aromatic heterocycles. The lowest BCUT2D eigenvalue weighted by atomic mass is 10.2. The first-order chi connectivity index (χ1) is 5.62. The summed E-state index contributed by atoms with van der Waals surface area (Å²) in [7, 11) is -3.43. The predicted octanol–water partition coefficient (Wildman–Crippen LogP) is 0.335. The zero-order chi connectivity index (χ0) is 8.77. The maximum Gasteiger partial charge on any atom is 0.205 e. The number of benzene rings is 1. The molecule has 0 spiro atoms. The van der Waals surface area contributed by atoms with E-state index in [0.717, 1.165) is 0 Å². The summed E-state index contributed by atoms with van der Waals surface area (Å²) in [6.45, 7) is 0. The van der Waals surface area contributed by atoms with E-state index in [0.29, 0.717) is 5.56 Å². The lowest BCUT2D eigenvalue weighted by Gasteiger charge is -1.98. The van der Waals surface area contributed by atoms with Gasteiger partial charge in [0.15, 0.2) is 5.44 Å². The minimum Gasteiger partial charge on any atom is -0.376 e. The third-order valence-electron chi connectivity index (χ3n) is 2.03. The molecule has 0 aliphatic carbocycles. The second-order valence-electron chi connectivity index (χ2n) is 2.81. The largest absolute Gasteiger partial charge is 0.376 e. The fourth-order valence-electron chi connectivity index (χ4n) is 1.39. The van der Waals surface area contributed by atoms with Gasteiger partial charge in [-0.2, -0.15) is 0 Å². The molecule has 3 nitrogen and oxygen atoms in total. The quantitative estimate of drug-likeness (QED) is 0.632. The SMILES string of the molecule is O=S1(=O)c2ccccc2CC1O. The average Bonchev–Trinajstić information content (AvgIpc) is 2.25. The van der Waals surface area contributed by atoms with Crippen LogP contribution in [0, 0.1) is 0 Å². The van der Waals surface area contributed by atoms with Gasteiger partial charge in [0, 0.05) is 6.42 Å². The molecule has 1 aromatic rings. The molecule has 0 fully saturated rings. The number of aliphatic hydroxyl groups excluding tert-OH is 1. The van der Waals surface area contributed by atoms with Crippen molar-refractivity contribution in [1.82, 2.24) is 0 Å². The van der Waals surface area contributed by atoms with Crippen molar-refractivity contribution in [2.75, 3.05) is 0 Å². The van der Waals surface area contributed by atoms with Crippen molar-refractivity contribution < 1.29 is 13.5 Å². The molecular weight excluding hydrogens is 176 g/mol. The molecule has 1 aliphatic heterocycles. The minimum atomic E-state index is -3.43. The summed E-state index contributed by atoms with van der Waals surface area (Å²) in [6, 6.07) is 6.69. The molecule has 1 aromatic carbocycles. The van der Waals surface area contributed by atoms with Crippen LogP contribution in [0.15, 0.2) is 29.2 Å². The van der Waals surface area contributed by atoms with Gasteiger partial charge < -0.3 is 5.11 Å². The molecule has 1 heterocycles. The van der Waals surface area contributed by atoms with Crippen LogP contribution in [0.4, 0.5) is 0 Å². The molecular formula is C8H8O3S. The summed E-state index contributed by atoms with van der Waals surface area (Å²) in [4.78, 5) is 0.275. The van der Waals surface area contributed by atoms with Gasteiger partial charge in [-0.05, 0) is 11.6 Å². The van der Waals surface area contributed by atoms with Gasteiger partial charge in [0.25, 0.3) is 0 Å². The van der Waals surface area contributed by atoms with E-state index in [1.54, 1.807) is 18.2 Å². The minimum absolute atomic E-state index is 0.221. The van der Waals surface area contributed by atoms with Gasteiger partial charge >= 0.3 is 0 Å². The Morgan fingerprint density at radius 1 is 1.33 bits per heavy atom. The van der Waals surface area contributed by atoms with Crippen LogP contribution in [0.1, 0.15) is 5.56 Å². The number of hydrogen-bond donors (Lipinski definition) is 1. The van der Waals surface area contributed by atoms with Crippen LogP contribution in [-0.4, -0.2) is 19.0 Å². The molecule has 12 heavy (non-hydrogen) atoms. The topological polar surface area (TPSA) is 54.4 Å². The van der Waals surface area contributed by atoms with Gasteiger partial charge in [-0.25, -0.2) is 8.42 Å². The first-order valence-electron chi connectivity index (χ1n) is 3.62. The third kappa shape index (κ3) is 0.884. The summed E-state index contributed by atoms with van der Waals surface area (Å²) in [5, 5.41) is 9.19. The third-order valence-corrected chi connectivity index (χ3v) is 3.93. The molecule has 0 radical (unpaired) electrons. The molecule has 1 N–H and O–H groups in total. The van der Waals surface area contributed by atoms with E-state index in [4.69, 9.17) is 0 Å². The Morgan fingerprint density at radius 2 is 2.00 bits per heavy atom. The van der Waals surface area contributed by atoms with Crippen molar-refractivity contribution in [3.8, 4) is 0 Å². The lowest BCUT2D eigenvalue weighted by molar-refractivity contribution is 0.255. The van der Waals surface area contributed by atoms with Crippen LogP contribution in [-0.2, 0) is 16.3 Å². The van der Waals surface area contributed by atoms with E-state index < -0.39 is 15.3 Å². The van der Waals surface area contributed by atoms with Crippen LogP contribution in [0.3, 0.4) is 0 Å². The second-order valence-corrected chi connectivity index (χ2v) is 4.89. The predicted molar refractivity (Wildman–Crippen MR) is 43.3 cm³/mol. The standard InChI is InChI=1S/C8H8O3S/c9-8-5-6-3-1-2-4-7(6)12(8,10)11/h1-4,8-9H,5H2. The second kappa shape index (κ2) is 2.31. The average molecular weight is 184 g/mol. The molecule has 0 saturated heterocycles. The smallest absolute Gasteiger partial charge is 0.205 e. The molecule has 0 amide bonds. The van der Waals surface area contributed by atoms with Crippen molar-refractivity contribution in [1.29, 1.82) is 0 Å². The number of sulfone groups is 1. The zero-order valence-electron chi connectivity index (χ0n) is 6.27. The van der Waals surface area contributed by atoms with Crippen molar-refractivity contribution in [3.05, 3.63) is 29.8 Å². The molecule has 4 heteroatoms. The zero-order valence-corrected chi connectivity index (χ0v) is 7.08. The first kappa shape index (κ1) is 7.76. The lowest BCUT2D eigenvalue weighted by Crippen LogP contribution is -2.15. The number of rotatable bonds is 0. The number of fused-ring (bicyclic) bond motifs is 1. The molecule has 1 unspecified atom stereocenters. The highest BCUT2D eigenvalue weighted by Gasteiger charge is 2.34. The highest BCUT2D eigenvalue weighted by atomic mass is 32.2. The monoisotopic (exact) mass is 184 g/mol. The Morgan fingerprint density at radius 3 is 2.67 bits per heavy atom. The summed E-state index contributed by atoms with van der Waals surface area (Å²) >= 11 is 0. The van der Waals surface area contributed by atoms with E-state index >= 15 is 0 Å². The Hall–Kier alpha value is -0.870. The summed E-state index contributed by atoms with van der Waals surface area (Å²) in [6.07, 6.45) is 0.221. The van der Waals surface area contributed by atoms with Gasteiger partial charge in [0.1, 0.15) is 0 Å². The fraction of sp³-hybridized carbons (Fsp3) is 0.250. The Labute approximate surface area is 70.6 Å². The summed E-state index contributed by atoms with van der Waals surface area (Å²) in [5.74, 6) is 0. The molecule has 0 saturated carbocycles. The maximum absolute atomic E-state index is 11.3. The van der Waals surface area contributed by atoms with Crippen LogP contribution in [0.5, 0.6) is 0 Å². The highest BCUT2D eigenvalue weighted by Crippen LogP contribution is 2.29. The Kier molecular flexibility index (Phi) is 1.49. The summed E-state index contributed by atoms with van der Waals surface area (Å²) < 4.78 is 22.7. The van der Waals surface area contributed by atoms with Crippen molar-refractivity contribution in [2.24, 2.45) is 0 Å². The fourth-order valence-corrected chi connectivity index (χ4v) is 2.87. The van der Waals surface area contributed by atoms with E-state index in [1.807, 2.05) is 0 Å². The van der Waals surface area contributed by atoms with Gasteiger partial charge in [0.2, 0.25) is 9.84 Å². The van der Waals surface area contributed by atoms with Gasteiger partial charge in [-0.1, -0.05) is 18.2 Å². The molecule has 2 rings (SSSR count). The van der Waals surface area contributed by atoms with Crippen molar-refractivity contribution >= 4 is 9.84 Å². The normalized spacial score (nSPS) is 25.2. The number of hydrogen-bond acceptors (Lipinski definition) is 3. The van der Waals surface area contributed by atoms with Crippen LogP contribution in [0.25, 0.3) is 0 Å². The Balaban J connectivity index is 2.72. The maximum atomic E-state index is 11.3. The molecule has 64 valence electrons. The molecule has 0 bridgehead atoms. The van der Waals surface area contributed by atoms with E-state index in [9.17, 15) is 13.5 Å². The van der Waals surface area contributed by atoms with Crippen molar-refractivity contribution in [2.45, 2.75) is 16.8 Å². The van der Waals surface area contributed by atoms with Crippen LogP contribution < -0.4 is 0 Å². The molecule has 1 aliphatic rings. The molecule has 1 atom stereocenters. The highest BCUT2D eigenvalue weighted by molar-refractivity contribution is 7.92.